The Bertz CT molecular complexity index is 476. The van der Waals surface area contributed by atoms with Crippen LogP contribution in [-0.4, -0.2) is 18.7 Å². The fraction of sp³-hybridized carbons (Fsp3) is 0.647. The van der Waals surface area contributed by atoms with E-state index in [2.05, 4.69) is 19.2 Å². The van der Waals surface area contributed by atoms with Crippen LogP contribution in [0, 0.1) is 11.2 Å². The van der Waals surface area contributed by atoms with Crippen molar-refractivity contribution >= 4 is 0 Å². The van der Waals surface area contributed by atoms with Crippen molar-refractivity contribution in [3.05, 3.63) is 35.6 Å². The number of nitrogens with one attached hydrogen (secondary N) is 1. The molecule has 1 spiro atoms. The van der Waals surface area contributed by atoms with Gasteiger partial charge in [0.2, 0.25) is 0 Å². The Balaban J connectivity index is 1.76. The molecule has 1 N–H and O–H groups in total. The summed E-state index contributed by atoms with van der Waals surface area (Å²) in [5, 5.41) is 3.46. The molecule has 1 saturated heterocycles. The molecule has 1 atom stereocenters. The molecule has 1 aromatic carbocycles. The van der Waals surface area contributed by atoms with Gasteiger partial charge in [-0.05, 0) is 37.2 Å². The Labute approximate surface area is 120 Å². The quantitative estimate of drug-likeness (QED) is 0.842. The van der Waals surface area contributed by atoms with Gasteiger partial charge in [0.15, 0.2) is 0 Å². The second-order valence-corrected chi connectivity index (χ2v) is 7.11. The highest BCUT2D eigenvalue weighted by atomic mass is 19.1. The fourth-order valence-corrected chi connectivity index (χ4v) is 3.40. The molecular weight excluding hydrogens is 253 g/mol. The molecule has 0 bridgehead atoms. The molecule has 1 saturated carbocycles. The molecule has 1 aliphatic heterocycles. The Morgan fingerprint density at radius 2 is 1.85 bits per heavy atom. The monoisotopic (exact) mass is 277 g/mol. The molecule has 1 heterocycles. The van der Waals surface area contributed by atoms with E-state index in [4.69, 9.17) is 4.74 Å². The van der Waals surface area contributed by atoms with Gasteiger partial charge in [-0.2, -0.15) is 0 Å². The van der Waals surface area contributed by atoms with Gasteiger partial charge in [0.1, 0.15) is 5.82 Å². The van der Waals surface area contributed by atoms with Crippen molar-refractivity contribution in [2.45, 2.75) is 51.2 Å². The molecule has 3 rings (SSSR count). The lowest BCUT2D eigenvalue weighted by molar-refractivity contribution is -0.147. The Hall–Kier alpha value is -0.930. The number of halogens is 1. The second-order valence-electron chi connectivity index (χ2n) is 7.11. The highest BCUT2D eigenvalue weighted by Gasteiger charge is 2.43. The van der Waals surface area contributed by atoms with E-state index in [9.17, 15) is 4.39 Å². The third kappa shape index (κ3) is 2.75. The van der Waals surface area contributed by atoms with Gasteiger partial charge in [-0.3, -0.25) is 0 Å². The zero-order valence-electron chi connectivity index (χ0n) is 12.4. The molecule has 110 valence electrons. The van der Waals surface area contributed by atoms with Crippen molar-refractivity contribution < 1.29 is 9.13 Å². The highest BCUT2D eigenvalue weighted by molar-refractivity contribution is 5.21. The normalized spacial score (nSPS) is 28.4. The van der Waals surface area contributed by atoms with Gasteiger partial charge in [0.05, 0.1) is 11.7 Å². The van der Waals surface area contributed by atoms with Crippen LogP contribution in [0.25, 0.3) is 0 Å². The Morgan fingerprint density at radius 3 is 2.55 bits per heavy atom. The summed E-state index contributed by atoms with van der Waals surface area (Å²) < 4.78 is 20.3. The molecule has 3 heteroatoms. The van der Waals surface area contributed by atoms with Crippen LogP contribution in [0.1, 0.15) is 51.2 Å². The number of morpholine rings is 1. The van der Waals surface area contributed by atoms with E-state index in [-0.39, 0.29) is 17.5 Å². The summed E-state index contributed by atoms with van der Waals surface area (Å²) in [6.45, 7) is 6.25. The lowest BCUT2D eigenvalue weighted by Crippen LogP contribution is -2.53. The molecule has 2 nitrogen and oxygen atoms in total. The maximum absolute atomic E-state index is 13.9. The van der Waals surface area contributed by atoms with Gasteiger partial charge in [-0.15, -0.1) is 0 Å². The third-order valence-electron chi connectivity index (χ3n) is 4.94. The fourth-order valence-electron chi connectivity index (χ4n) is 3.40. The van der Waals surface area contributed by atoms with E-state index in [1.807, 2.05) is 12.1 Å². The summed E-state index contributed by atoms with van der Waals surface area (Å²) in [5.41, 5.74) is 1.00. The van der Waals surface area contributed by atoms with Crippen molar-refractivity contribution in [2.24, 2.45) is 5.41 Å². The number of ether oxygens (including phenoxy) is 1. The molecule has 1 aromatic rings. The lowest BCUT2D eigenvalue weighted by atomic mass is 9.70. The van der Waals surface area contributed by atoms with Crippen LogP contribution < -0.4 is 5.32 Å². The predicted octanol–water partition coefficient (Wildman–Crippen LogP) is 3.83. The van der Waals surface area contributed by atoms with E-state index in [0.717, 1.165) is 19.4 Å². The smallest absolute Gasteiger partial charge is 0.129 e. The average molecular weight is 277 g/mol. The second kappa shape index (κ2) is 5.12. The van der Waals surface area contributed by atoms with Crippen LogP contribution in [0.15, 0.2) is 24.3 Å². The zero-order chi connectivity index (χ0) is 14.2. The van der Waals surface area contributed by atoms with Crippen molar-refractivity contribution in [2.75, 3.05) is 13.1 Å². The number of benzene rings is 1. The third-order valence-corrected chi connectivity index (χ3v) is 4.94. The molecule has 0 aromatic heterocycles. The minimum absolute atomic E-state index is 0.0965. The summed E-state index contributed by atoms with van der Waals surface area (Å²) in [6, 6.07) is 6.97. The molecule has 0 amide bonds. The van der Waals surface area contributed by atoms with Crippen molar-refractivity contribution in [3.8, 4) is 0 Å². The predicted molar refractivity (Wildman–Crippen MR) is 78.1 cm³/mol. The van der Waals surface area contributed by atoms with E-state index in [1.54, 1.807) is 6.07 Å². The SMILES string of the molecule is CC1(C)CCC2(CC1)CNCC(c1ccccc1F)O2. The minimum Gasteiger partial charge on any atom is -0.364 e. The van der Waals surface area contributed by atoms with Crippen LogP contribution in [-0.2, 0) is 4.74 Å². The maximum atomic E-state index is 13.9. The molecular formula is C17H24FNO. The van der Waals surface area contributed by atoms with Gasteiger partial charge in [0, 0.05) is 18.7 Å². The first-order valence-electron chi connectivity index (χ1n) is 7.63. The average Bonchev–Trinajstić information content (AvgIpc) is 2.44. The highest BCUT2D eigenvalue weighted by Crippen LogP contribution is 2.44. The van der Waals surface area contributed by atoms with E-state index >= 15 is 0 Å². The largest absolute Gasteiger partial charge is 0.364 e. The van der Waals surface area contributed by atoms with Crippen LogP contribution in [0.5, 0.6) is 0 Å². The van der Waals surface area contributed by atoms with Gasteiger partial charge < -0.3 is 10.1 Å². The molecule has 2 fully saturated rings. The molecule has 1 aliphatic carbocycles. The zero-order valence-corrected chi connectivity index (χ0v) is 12.4. The van der Waals surface area contributed by atoms with Crippen molar-refractivity contribution in [1.29, 1.82) is 0 Å². The minimum atomic E-state index is -0.161. The Kier molecular flexibility index (Phi) is 3.59. The first kappa shape index (κ1) is 14.0. The van der Waals surface area contributed by atoms with Crippen molar-refractivity contribution in [3.63, 3.8) is 0 Å². The van der Waals surface area contributed by atoms with Gasteiger partial charge in [-0.25, -0.2) is 4.39 Å². The molecule has 2 aliphatic rings. The van der Waals surface area contributed by atoms with Gasteiger partial charge in [-0.1, -0.05) is 32.0 Å². The van der Waals surface area contributed by atoms with Crippen molar-refractivity contribution in [1.82, 2.24) is 5.32 Å². The molecule has 1 unspecified atom stereocenters. The summed E-state index contributed by atoms with van der Waals surface area (Å²) >= 11 is 0. The van der Waals surface area contributed by atoms with Crippen LogP contribution in [0.3, 0.4) is 0 Å². The summed E-state index contributed by atoms with van der Waals surface area (Å²) in [6.07, 6.45) is 4.33. The topological polar surface area (TPSA) is 21.3 Å². The summed E-state index contributed by atoms with van der Waals surface area (Å²) in [4.78, 5) is 0. The van der Waals surface area contributed by atoms with Crippen LogP contribution in [0.4, 0.5) is 4.39 Å². The number of rotatable bonds is 1. The van der Waals surface area contributed by atoms with E-state index in [1.165, 1.54) is 18.9 Å². The van der Waals surface area contributed by atoms with Crippen LogP contribution >= 0.6 is 0 Å². The Morgan fingerprint density at radius 1 is 1.15 bits per heavy atom. The lowest BCUT2D eigenvalue weighted by Gasteiger charge is -2.48. The maximum Gasteiger partial charge on any atom is 0.129 e. The molecule has 20 heavy (non-hydrogen) atoms. The van der Waals surface area contributed by atoms with Gasteiger partial charge in [0.25, 0.3) is 0 Å². The van der Waals surface area contributed by atoms with E-state index in [0.29, 0.717) is 17.5 Å². The number of hydrogen-bond acceptors (Lipinski definition) is 2. The molecule has 0 radical (unpaired) electrons. The first-order valence-corrected chi connectivity index (χ1v) is 7.63. The van der Waals surface area contributed by atoms with E-state index < -0.39 is 0 Å². The standard InChI is InChI=1S/C17H24FNO/c1-16(2)7-9-17(10-8-16)12-19-11-15(20-17)13-5-3-4-6-14(13)18/h3-6,15,19H,7-12H2,1-2H3. The number of hydrogen-bond donors (Lipinski definition) is 1. The summed E-state index contributed by atoms with van der Waals surface area (Å²) in [5.74, 6) is -0.160. The summed E-state index contributed by atoms with van der Waals surface area (Å²) in [7, 11) is 0. The van der Waals surface area contributed by atoms with Crippen LogP contribution in [0.2, 0.25) is 0 Å². The van der Waals surface area contributed by atoms with Gasteiger partial charge >= 0.3 is 0 Å². The first-order chi connectivity index (χ1) is 9.50.